The van der Waals surface area contributed by atoms with Crippen LogP contribution >= 0.6 is 0 Å². The highest BCUT2D eigenvalue weighted by molar-refractivity contribution is 4.83. The maximum atomic E-state index is 12.4. The predicted molar refractivity (Wildman–Crippen MR) is 79.4 cm³/mol. The Bertz CT molecular complexity index is 586. The first-order chi connectivity index (χ1) is 9.18. The summed E-state index contributed by atoms with van der Waals surface area (Å²) in [5.74, 6) is 0.383. The van der Waals surface area contributed by atoms with Gasteiger partial charge in [-0.2, -0.15) is 0 Å². The van der Waals surface area contributed by atoms with Gasteiger partial charge in [0.1, 0.15) is 0 Å². The summed E-state index contributed by atoms with van der Waals surface area (Å²) in [6, 6.07) is -0.545. The molecule has 6 heteroatoms. The highest BCUT2D eigenvalue weighted by Crippen LogP contribution is 2.01. The van der Waals surface area contributed by atoms with Gasteiger partial charge < -0.3 is 0 Å². The summed E-state index contributed by atoms with van der Waals surface area (Å²) < 4.78 is 3.49. The molecule has 0 amide bonds. The smallest absolute Gasteiger partial charge is 0.247 e. The number of aromatic nitrogens is 3. The van der Waals surface area contributed by atoms with E-state index < -0.39 is 17.1 Å². The van der Waals surface area contributed by atoms with Gasteiger partial charge >= 0.3 is 17.1 Å². The number of hydrogen-bond donors (Lipinski definition) is 0. The molecule has 1 aromatic heterocycles. The first kappa shape index (κ1) is 16.5. The lowest BCUT2D eigenvalue weighted by Crippen LogP contribution is -2.55. The Morgan fingerprint density at radius 2 is 1.15 bits per heavy atom. The van der Waals surface area contributed by atoms with Crippen LogP contribution in [0.3, 0.4) is 0 Å². The van der Waals surface area contributed by atoms with Crippen molar-refractivity contribution in [1.82, 2.24) is 13.7 Å². The monoisotopic (exact) mass is 283 g/mol. The maximum absolute atomic E-state index is 12.4. The maximum Gasteiger partial charge on any atom is 0.336 e. The minimum Gasteiger partial charge on any atom is -0.247 e. The van der Waals surface area contributed by atoms with Crippen molar-refractivity contribution >= 4 is 0 Å². The van der Waals surface area contributed by atoms with Gasteiger partial charge in [0.2, 0.25) is 0 Å². The Morgan fingerprint density at radius 3 is 1.45 bits per heavy atom. The third kappa shape index (κ3) is 3.11. The van der Waals surface area contributed by atoms with E-state index in [0.29, 0.717) is 12.5 Å². The van der Waals surface area contributed by atoms with Gasteiger partial charge in [0.05, 0.1) is 0 Å². The van der Waals surface area contributed by atoms with Crippen LogP contribution < -0.4 is 17.1 Å². The van der Waals surface area contributed by atoms with Gasteiger partial charge in [-0.1, -0.05) is 13.8 Å². The Hall–Kier alpha value is -1.59. The fourth-order valence-electron chi connectivity index (χ4n) is 2.08. The van der Waals surface area contributed by atoms with Crippen LogP contribution in [0.15, 0.2) is 14.4 Å². The molecular weight excluding hydrogens is 258 g/mol. The zero-order valence-corrected chi connectivity index (χ0v) is 13.2. The fourth-order valence-corrected chi connectivity index (χ4v) is 2.08. The van der Waals surface area contributed by atoms with E-state index in [2.05, 4.69) is 0 Å². The van der Waals surface area contributed by atoms with Crippen molar-refractivity contribution in [2.45, 2.75) is 66.6 Å². The summed E-state index contributed by atoms with van der Waals surface area (Å²) in [7, 11) is 0. The molecule has 0 saturated carbocycles. The summed E-state index contributed by atoms with van der Waals surface area (Å²) in [4.78, 5) is 37.0. The molecule has 0 unspecified atom stereocenters. The summed E-state index contributed by atoms with van der Waals surface area (Å²) in [5, 5.41) is 0. The van der Waals surface area contributed by atoms with E-state index in [-0.39, 0.29) is 12.1 Å². The van der Waals surface area contributed by atoms with Gasteiger partial charge in [0, 0.05) is 18.6 Å². The molecule has 0 saturated heterocycles. The molecule has 1 aromatic rings. The molecule has 0 radical (unpaired) electrons. The minimum atomic E-state index is -0.522. The SMILES string of the molecule is CC(C)CCn1c(=O)n(C(C)C)c(=O)n(C(C)C)c1=O. The zero-order chi connectivity index (χ0) is 15.6. The van der Waals surface area contributed by atoms with Gasteiger partial charge in [0.25, 0.3) is 0 Å². The average molecular weight is 283 g/mol. The van der Waals surface area contributed by atoms with Gasteiger partial charge in [0.15, 0.2) is 0 Å². The second kappa shape index (κ2) is 6.24. The lowest BCUT2D eigenvalue weighted by molar-refractivity contribution is 0.381. The molecule has 0 N–H and O–H groups in total. The quantitative estimate of drug-likeness (QED) is 0.820. The second-order valence-electron chi connectivity index (χ2n) is 6.11. The molecule has 0 aromatic carbocycles. The number of nitrogens with zero attached hydrogens (tertiary/aromatic N) is 3. The van der Waals surface area contributed by atoms with Crippen molar-refractivity contribution in [3.05, 3.63) is 31.5 Å². The van der Waals surface area contributed by atoms with Gasteiger partial charge in [-0.25, -0.2) is 28.1 Å². The van der Waals surface area contributed by atoms with Crippen molar-refractivity contribution in [2.24, 2.45) is 5.92 Å². The van der Waals surface area contributed by atoms with Crippen LogP contribution in [0.5, 0.6) is 0 Å². The molecule has 1 rings (SSSR count). The summed E-state index contributed by atoms with van der Waals surface area (Å²) >= 11 is 0. The Labute approximate surface area is 118 Å². The average Bonchev–Trinajstić information content (AvgIpc) is 2.26. The molecule has 0 atom stereocenters. The van der Waals surface area contributed by atoms with Crippen LogP contribution in [0.2, 0.25) is 0 Å². The molecule has 20 heavy (non-hydrogen) atoms. The summed E-state index contributed by atoms with van der Waals surface area (Å²) in [5.41, 5.74) is -1.54. The molecule has 114 valence electrons. The van der Waals surface area contributed by atoms with Crippen LogP contribution in [0.1, 0.15) is 60.0 Å². The van der Waals surface area contributed by atoms with E-state index in [9.17, 15) is 14.4 Å². The normalized spacial score (nSPS) is 11.8. The molecule has 1 heterocycles. The number of rotatable bonds is 5. The van der Waals surface area contributed by atoms with Crippen molar-refractivity contribution in [3.63, 3.8) is 0 Å². The van der Waals surface area contributed by atoms with E-state index in [1.54, 1.807) is 27.7 Å². The third-order valence-corrected chi connectivity index (χ3v) is 3.25. The van der Waals surface area contributed by atoms with E-state index >= 15 is 0 Å². The zero-order valence-electron chi connectivity index (χ0n) is 13.2. The van der Waals surface area contributed by atoms with E-state index in [4.69, 9.17) is 0 Å². The molecule has 0 bridgehead atoms. The molecule has 6 nitrogen and oxygen atoms in total. The highest BCUT2D eigenvalue weighted by Gasteiger charge is 2.18. The topological polar surface area (TPSA) is 66.0 Å². The fraction of sp³-hybridized carbons (Fsp3) is 0.786. The van der Waals surface area contributed by atoms with Crippen LogP contribution in [-0.2, 0) is 6.54 Å². The Kier molecular flexibility index (Phi) is 5.14. The van der Waals surface area contributed by atoms with Crippen molar-refractivity contribution in [3.8, 4) is 0 Å². The second-order valence-corrected chi connectivity index (χ2v) is 6.11. The minimum absolute atomic E-state index is 0.272. The molecule has 0 spiro atoms. The highest BCUT2D eigenvalue weighted by atomic mass is 16.2. The molecular formula is C14H25N3O3. The lowest BCUT2D eigenvalue weighted by atomic mass is 10.1. The van der Waals surface area contributed by atoms with Gasteiger partial charge in [-0.15, -0.1) is 0 Å². The van der Waals surface area contributed by atoms with Crippen LogP contribution in [0.4, 0.5) is 0 Å². The Balaban J connectivity index is 3.64. The summed E-state index contributed by atoms with van der Waals surface area (Å²) in [6.07, 6.45) is 0.726. The molecule has 0 aliphatic carbocycles. The molecule has 0 aliphatic heterocycles. The van der Waals surface area contributed by atoms with Crippen molar-refractivity contribution in [2.75, 3.05) is 0 Å². The third-order valence-electron chi connectivity index (χ3n) is 3.25. The Morgan fingerprint density at radius 1 is 0.750 bits per heavy atom. The van der Waals surface area contributed by atoms with Crippen molar-refractivity contribution in [1.29, 1.82) is 0 Å². The van der Waals surface area contributed by atoms with E-state index in [0.717, 1.165) is 15.6 Å². The van der Waals surface area contributed by atoms with Crippen molar-refractivity contribution < 1.29 is 0 Å². The van der Waals surface area contributed by atoms with Crippen LogP contribution in [0, 0.1) is 5.92 Å². The van der Waals surface area contributed by atoms with Gasteiger partial charge in [-0.3, -0.25) is 0 Å². The van der Waals surface area contributed by atoms with E-state index in [1.807, 2.05) is 13.8 Å². The van der Waals surface area contributed by atoms with E-state index in [1.165, 1.54) is 4.57 Å². The standard InChI is InChI=1S/C14H25N3O3/c1-9(2)7-8-15-12(18)16(10(3)4)14(20)17(11(5)6)13(15)19/h9-11H,7-8H2,1-6H3. The largest absolute Gasteiger partial charge is 0.336 e. The first-order valence-corrected chi connectivity index (χ1v) is 7.16. The lowest BCUT2D eigenvalue weighted by Gasteiger charge is -2.18. The van der Waals surface area contributed by atoms with Gasteiger partial charge in [-0.05, 0) is 40.0 Å². The van der Waals surface area contributed by atoms with Crippen LogP contribution in [0.25, 0.3) is 0 Å². The molecule has 0 aliphatic rings. The molecule has 0 fully saturated rings. The number of hydrogen-bond acceptors (Lipinski definition) is 3. The predicted octanol–water partition coefficient (Wildman–Crippen LogP) is 1.38. The van der Waals surface area contributed by atoms with Crippen LogP contribution in [-0.4, -0.2) is 13.7 Å². The first-order valence-electron chi connectivity index (χ1n) is 7.16. The summed E-state index contributed by atoms with van der Waals surface area (Å²) in [6.45, 7) is 11.5.